The van der Waals surface area contributed by atoms with Crippen molar-refractivity contribution < 1.29 is 0 Å². The lowest BCUT2D eigenvalue weighted by Gasteiger charge is -2.17. The molecule has 3 rings (SSSR count). The van der Waals surface area contributed by atoms with Gasteiger partial charge in [0.1, 0.15) is 6.17 Å². The van der Waals surface area contributed by atoms with Crippen LogP contribution in [0.5, 0.6) is 0 Å². The fourth-order valence-electron chi connectivity index (χ4n) is 2.36. The predicted octanol–water partition coefficient (Wildman–Crippen LogP) is 3.12. The summed E-state index contributed by atoms with van der Waals surface area (Å²) in [7, 11) is 2.12. The summed E-state index contributed by atoms with van der Waals surface area (Å²) in [6, 6.07) is 20.9. The third-order valence-corrected chi connectivity index (χ3v) is 3.30. The molecule has 0 saturated carbocycles. The van der Waals surface area contributed by atoms with Gasteiger partial charge in [0.15, 0.2) is 0 Å². The molecule has 0 fully saturated rings. The molecule has 0 amide bonds. The van der Waals surface area contributed by atoms with Crippen molar-refractivity contribution in [1.82, 2.24) is 4.90 Å². The first-order valence-corrected chi connectivity index (χ1v) is 6.22. The number of nitrogens with zero attached hydrogens (tertiary/aromatic N) is 2. The highest BCUT2D eigenvalue weighted by molar-refractivity contribution is 6.03. The zero-order valence-electron chi connectivity index (χ0n) is 10.5. The summed E-state index contributed by atoms with van der Waals surface area (Å²) in [6.45, 7) is 0.906. The third kappa shape index (κ3) is 2.07. The summed E-state index contributed by atoms with van der Waals surface area (Å²) >= 11 is 0. The Balaban J connectivity index is 1.92. The molecule has 1 aliphatic heterocycles. The van der Waals surface area contributed by atoms with Gasteiger partial charge in [-0.25, -0.2) is 0 Å². The van der Waals surface area contributed by atoms with Gasteiger partial charge in [0, 0.05) is 6.54 Å². The van der Waals surface area contributed by atoms with E-state index in [9.17, 15) is 0 Å². The molecule has 1 heterocycles. The van der Waals surface area contributed by atoms with Crippen molar-refractivity contribution in [3.8, 4) is 0 Å². The van der Waals surface area contributed by atoms with E-state index in [-0.39, 0.29) is 6.17 Å². The van der Waals surface area contributed by atoms with Gasteiger partial charge in [0.25, 0.3) is 0 Å². The lowest BCUT2D eigenvalue weighted by Crippen LogP contribution is -2.21. The molecule has 0 aromatic heterocycles. The van der Waals surface area contributed by atoms with Crippen molar-refractivity contribution in [3.05, 3.63) is 71.8 Å². The van der Waals surface area contributed by atoms with Crippen LogP contribution in [0.1, 0.15) is 17.3 Å². The Labute approximate surface area is 108 Å². The third-order valence-electron chi connectivity index (χ3n) is 3.30. The minimum atomic E-state index is 0.154. The fourth-order valence-corrected chi connectivity index (χ4v) is 2.36. The highest BCUT2D eigenvalue weighted by Crippen LogP contribution is 2.26. The molecule has 1 unspecified atom stereocenters. The van der Waals surface area contributed by atoms with Gasteiger partial charge in [-0.1, -0.05) is 60.7 Å². The van der Waals surface area contributed by atoms with E-state index in [0.717, 1.165) is 6.54 Å². The minimum absolute atomic E-state index is 0.154. The maximum absolute atomic E-state index is 4.85. The second kappa shape index (κ2) is 4.75. The number of hydrogen-bond acceptors (Lipinski definition) is 2. The maximum Gasteiger partial charge on any atom is 0.128 e. The molecule has 90 valence electrons. The predicted molar refractivity (Wildman–Crippen MR) is 74.8 cm³/mol. The largest absolute Gasteiger partial charge is 0.275 e. The molecule has 0 radical (unpaired) electrons. The number of hydrogen-bond donors (Lipinski definition) is 0. The number of rotatable bonds is 2. The van der Waals surface area contributed by atoms with Gasteiger partial charge in [-0.2, -0.15) is 0 Å². The molecule has 0 aliphatic carbocycles. The van der Waals surface area contributed by atoms with Gasteiger partial charge in [0.2, 0.25) is 0 Å². The van der Waals surface area contributed by atoms with Crippen LogP contribution in [0.4, 0.5) is 0 Å². The summed E-state index contributed by atoms with van der Waals surface area (Å²) < 4.78 is 0. The molecule has 18 heavy (non-hydrogen) atoms. The Morgan fingerprint density at radius 2 is 1.56 bits per heavy atom. The monoisotopic (exact) mass is 236 g/mol. The summed E-state index contributed by atoms with van der Waals surface area (Å²) in [6.07, 6.45) is 0.154. The van der Waals surface area contributed by atoms with E-state index in [4.69, 9.17) is 4.99 Å². The Hall–Kier alpha value is -1.93. The van der Waals surface area contributed by atoms with Crippen LogP contribution in [-0.2, 0) is 0 Å². The number of likely N-dealkylation sites (N-methyl/N-ethyl adjacent to an activating group) is 1. The van der Waals surface area contributed by atoms with Crippen molar-refractivity contribution in [3.63, 3.8) is 0 Å². The Bertz CT molecular complexity index is 546. The molecule has 0 saturated heterocycles. The topological polar surface area (TPSA) is 15.6 Å². The Kier molecular flexibility index (Phi) is 2.95. The van der Waals surface area contributed by atoms with Crippen LogP contribution in [0.25, 0.3) is 0 Å². The summed E-state index contributed by atoms with van der Waals surface area (Å²) in [5, 5.41) is 0. The van der Waals surface area contributed by atoms with Gasteiger partial charge < -0.3 is 0 Å². The lowest BCUT2D eigenvalue weighted by atomic mass is 10.1. The van der Waals surface area contributed by atoms with Crippen LogP contribution in [0.2, 0.25) is 0 Å². The lowest BCUT2D eigenvalue weighted by molar-refractivity contribution is 0.313. The fraction of sp³-hybridized carbons (Fsp3) is 0.188. The van der Waals surface area contributed by atoms with E-state index in [1.165, 1.54) is 16.8 Å². The van der Waals surface area contributed by atoms with Crippen molar-refractivity contribution in [1.29, 1.82) is 0 Å². The average Bonchev–Trinajstić information content (AvgIpc) is 2.83. The first-order chi connectivity index (χ1) is 8.84. The molecule has 2 aromatic rings. The maximum atomic E-state index is 4.85. The van der Waals surface area contributed by atoms with Crippen LogP contribution < -0.4 is 0 Å². The molecule has 1 aliphatic rings. The highest BCUT2D eigenvalue weighted by atomic mass is 15.3. The number of benzene rings is 2. The van der Waals surface area contributed by atoms with Gasteiger partial charge in [-0.05, 0) is 18.2 Å². The first-order valence-electron chi connectivity index (χ1n) is 6.22. The van der Waals surface area contributed by atoms with E-state index < -0.39 is 0 Å². The molecular formula is C16H16N2. The molecular weight excluding hydrogens is 220 g/mol. The van der Waals surface area contributed by atoms with Crippen LogP contribution in [-0.4, -0.2) is 24.2 Å². The second-order valence-electron chi connectivity index (χ2n) is 4.64. The summed E-state index contributed by atoms with van der Waals surface area (Å²) in [4.78, 5) is 7.13. The van der Waals surface area contributed by atoms with Gasteiger partial charge >= 0.3 is 0 Å². The van der Waals surface area contributed by atoms with E-state index in [1.807, 2.05) is 12.1 Å². The minimum Gasteiger partial charge on any atom is -0.275 e. The molecule has 2 aromatic carbocycles. The van der Waals surface area contributed by atoms with Gasteiger partial charge in [-0.3, -0.25) is 9.89 Å². The molecule has 1 atom stereocenters. The molecule has 0 bridgehead atoms. The standard InChI is InChI=1S/C16H16N2/c1-18-12-15(13-8-4-2-5-9-13)17-16(18)14-10-6-3-7-11-14/h2-11,16H,12H2,1H3. The van der Waals surface area contributed by atoms with E-state index in [1.54, 1.807) is 0 Å². The Morgan fingerprint density at radius 3 is 2.22 bits per heavy atom. The average molecular weight is 236 g/mol. The number of aliphatic imine (C=N–C) groups is 1. The summed E-state index contributed by atoms with van der Waals surface area (Å²) in [5.41, 5.74) is 3.65. The summed E-state index contributed by atoms with van der Waals surface area (Å²) in [5.74, 6) is 0. The van der Waals surface area contributed by atoms with Gasteiger partial charge in [0.05, 0.1) is 5.71 Å². The highest BCUT2D eigenvalue weighted by Gasteiger charge is 2.24. The van der Waals surface area contributed by atoms with Crippen LogP contribution in [0.3, 0.4) is 0 Å². The zero-order chi connectivity index (χ0) is 12.4. The smallest absolute Gasteiger partial charge is 0.128 e. The molecule has 2 nitrogen and oxygen atoms in total. The molecule has 0 N–H and O–H groups in total. The van der Waals surface area contributed by atoms with E-state index in [2.05, 4.69) is 60.5 Å². The van der Waals surface area contributed by atoms with Crippen LogP contribution in [0.15, 0.2) is 65.7 Å². The van der Waals surface area contributed by atoms with Crippen molar-refractivity contribution >= 4 is 5.71 Å². The van der Waals surface area contributed by atoms with Crippen molar-refractivity contribution in [2.24, 2.45) is 4.99 Å². The zero-order valence-corrected chi connectivity index (χ0v) is 10.5. The second-order valence-corrected chi connectivity index (χ2v) is 4.64. The quantitative estimate of drug-likeness (QED) is 0.782. The van der Waals surface area contributed by atoms with Crippen molar-refractivity contribution in [2.45, 2.75) is 6.17 Å². The first kappa shape index (κ1) is 11.2. The SMILES string of the molecule is CN1CC(c2ccccc2)=NC1c1ccccc1. The van der Waals surface area contributed by atoms with E-state index >= 15 is 0 Å². The van der Waals surface area contributed by atoms with Gasteiger partial charge in [-0.15, -0.1) is 0 Å². The van der Waals surface area contributed by atoms with Crippen LogP contribution in [0, 0.1) is 0 Å². The molecule has 2 heteroatoms. The molecule has 0 spiro atoms. The van der Waals surface area contributed by atoms with Crippen molar-refractivity contribution in [2.75, 3.05) is 13.6 Å². The normalized spacial score (nSPS) is 19.8. The van der Waals surface area contributed by atoms with E-state index in [0.29, 0.717) is 0 Å². The Morgan fingerprint density at radius 1 is 0.944 bits per heavy atom. The van der Waals surface area contributed by atoms with Crippen LogP contribution >= 0.6 is 0 Å².